The van der Waals surface area contributed by atoms with Crippen LogP contribution >= 0.6 is 0 Å². The second-order valence-electron chi connectivity index (χ2n) is 8.67. The predicted octanol–water partition coefficient (Wildman–Crippen LogP) is 5.46. The fourth-order valence-corrected chi connectivity index (χ4v) is 5.30. The molecule has 0 bridgehead atoms. The van der Waals surface area contributed by atoms with Gasteiger partial charge in [-0.25, -0.2) is 4.39 Å². The van der Waals surface area contributed by atoms with Gasteiger partial charge < -0.3 is 5.32 Å². The maximum absolute atomic E-state index is 13.8. The molecule has 1 spiro atoms. The molecule has 3 aromatic rings. The Morgan fingerprint density at radius 2 is 1.93 bits per heavy atom. The third-order valence-corrected chi connectivity index (χ3v) is 6.88. The van der Waals surface area contributed by atoms with E-state index in [4.69, 9.17) is 0 Å². The van der Waals surface area contributed by atoms with E-state index in [1.54, 1.807) is 24.5 Å². The van der Waals surface area contributed by atoms with Gasteiger partial charge in [0.1, 0.15) is 5.82 Å². The first-order chi connectivity index (χ1) is 14.1. The van der Waals surface area contributed by atoms with Crippen LogP contribution in [0.3, 0.4) is 0 Å². The van der Waals surface area contributed by atoms with Gasteiger partial charge >= 0.3 is 0 Å². The lowest BCUT2D eigenvalue weighted by molar-refractivity contribution is -0.128. The number of nitrogens with zero attached hydrogens (tertiary/aromatic N) is 2. The molecular weight excluding hydrogens is 365 g/mol. The molecule has 1 N–H and O–H groups in total. The van der Waals surface area contributed by atoms with Crippen LogP contribution < -0.4 is 5.32 Å². The molecule has 2 fully saturated rings. The molecule has 5 heteroatoms. The number of fused-ring (bicyclic) bond motifs is 1. The summed E-state index contributed by atoms with van der Waals surface area (Å²) in [6, 6.07) is 10.6. The van der Waals surface area contributed by atoms with Crippen LogP contribution in [0.15, 0.2) is 55.0 Å². The molecule has 2 aliphatic rings. The van der Waals surface area contributed by atoms with Crippen LogP contribution in [0.4, 0.5) is 10.1 Å². The minimum Gasteiger partial charge on any atom is -0.324 e. The van der Waals surface area contributed by atoms with Crippen LogP contribution in [-0.4, -0.2) is 15.9 Å². The third-order valence-electron chi connectivity index (χ3n) is 6.88. The zero-order chi connectivity index (χ0) is 19.8. The third kappa shape index (κ3) is 3.50. The molecule has 2 aromatic heterocycles. The van der Waals surface area contributed by atoms with Crippen molar-refractivity contribution in [1.29, 1.82) is 0 Å². The van der Waals surface area contributed by atoms with Gasteiger partial charge in [0.2, 0.25) is 5.91 Å². The van der Waals surface area contributed by atoms with E-state index < -0.39 is 0 Å². The lowest BCUT2D eigenvalue weighted by Gasteiger charge is -2.51. The molecule has 148 valence electrons. The molecule has 2 aliphatic carbocycles. The van der Waals surface area contributed by atoms with Crippen LogP contribution in [0.1, 0.15) is 50.0 Å². The summed E-state index contributed by atoms with van der Waals surface area (Å²) in [5.74, 6) is 0.445. The highest BCUT2D eigenvalue weighted by molar-refractivity contribution is 5.93. The number of carbonyl (C=O) groups excluding carboxylic acids is 1. The first-order valence-electron chi connectivity index (χ1n) is 10.4. The molecule has 0 unspecified atom stereocenters. The molecule has 1 amide bonds. The van der Waals surface area contributed by atoms with E-state index >= 15 is 0 Å². The van der Waals surface area contributed by atoms with Crippen molar-refractivity contribution in [2.45, 2.75) is 44.4 Å². The fraction of sp³-hybridized carbons (Fsp3) is 0.375. The van der Waals surface area contributed by atoms with Crippen molar-refractivity contribution in [2.75, 3.05) is 5.32 Å². The number of hydrogen-bond donors (Lipinski definition) is 1. The zero-order valence-electron chi connectivity index (χ0n) is 16.3. The Labute approximate surface area is 169 Å². The Hall–Kier alpha value is -2.82. The van der Waals surface area contributed by atoms with Crippen molar-refractivity contribution in [2.24, 2.45) is 11.3 Å². The number of nitrogens with one attached hydrogen (secondary N) is 1. The van der Waals surface area contributed by atoms with Crippen molar-refractivity contribution in [3.05, 3.63) is 66.4 Å². The first kappa shape index (κ1) is 18.2. The molecule has 4 nitrogen and oxygen atoms in total. The number of carbonyl (C=O) groups is 1. The van der Waals surface area contributed by atoms with Crippen molar-refractivity contribution < 1.29 is 9.18 Å². The molecule has 2 heterocycles. The van der Waals surface area contributed by atoms with E-state index in [1.165, 1.54) is 11.6 Å². The van der Waals surface area contributed by atoms with E-state index in [1.807, 2.05) is 18.3 Å². The Balaban J connectivity index is 1.22. The quantitative estimate of drug-likeness (QED) is 0.647. The molecular formula is C24H24FN3O. The largest absolute Gasteiger partial charge is 0.324 e. The number of aromatic nitrogens is 2. The average Bonchev–Trinajstić information content (AvgIpc) is 2.72. The van der Waals surface area contributed by atoms with Crippen molar-refractivity contribution in [3.8, 4) is 0 Å². The van der Waals surface area contributed by atoms with Crippen molar-refractivity contribution >= 4 is 22.5 Å². The standard InChI is InChI=1S/C24H24FN3O/c25-18-3-4-22-21(12-18)20(7-11-27-22)16-5-8-24(9-6-16)13-17(14-24)23(29)28-19-2-1-10-26-15-19/h1-4,7,10-12,15-17H,5-6,8-9,13-14H2,(H,28,29). The van der Waals surface area contributed by atoms with Crippen LogP contribution in [0.5, 0.6) is 0 Å². The summed E-state index contributed by atoms with van der Waals surface area (Å²) in [5.41, 5.74) is 3.15. The van der Waals surface area contributed by atoms with Gasteiger partial charge in [-0.05, 0) is 91.8 Å². The summed E-state index contributed by atoms with van der Waals surface area (Å²) < 4.78 is 13.8. The summed E-state index contributed by atoms with van der Waals surface area (Å²) in [6.45, 7) is 0. The van der Waals surface area contributed by atoms with E-state index in [0.717, 1.165) is 55.1 Å². The molecule has 2 saturated carbocycles. The van der Waals surface area contributed by atoms with Gasteiger partial charge in [0, 0.05) is 23.7 Å². The first-order valence-corrected chi connectivity index (χ1v) is 10.4. The highest BCUT2D eigenvalue weighted by atomic mass is 19.1. The highest BCUT2D eigenvalue weighted by Gasteiger charge is 2.48. The van der Waals surface area contributed by atoms with Crippen LogP contribution in [-0.2, 0) is 4.79 Å². The Morgan fingerprint density at radius 1 is 1.10 bits per heavy atom. The number of hydrogen-bond acceptors (Lipinski definition) is 3. The molecule has 0 radical (unpaired) electrons. The molecule has 29 heavy (non-hydrogen) atoms. The Kier molecular flexibility index (Phi) is 4.53. The number of benzene rings is 1. The number of anilines is 1. The number of amides is 1. The van der Waals surface area contributed by atoms with Gasteiger partial charge in [-0.1, -0.05) is 0 Å². The summed E-state index contributed by atoms with van der Waals surface area (Å²) in [5, 5.41) is 3.92. The topological polar surface area (TPSA) is 54.9 Å². The lowest BCUT2D eigenvalue weighted by Crippen LogP contribution is -2.45. The zero-order valence-corrected chi connectivity index (χ0v) is 16.3. The van der Waals surface area contributed by atoms with Gasteiger partial charge in [0.05, 0.1) is 17.4 Å². The molecule has 1 aromatic carbocycles. The van der Waals surface area contributed by atoms with Crippen molar-refractivity contribution in [1.82, 2.24) is 9.97 Å². The summed E-state index contributed by atoms with van der Waals surface area (Å²) in [4.78, 5) is 20.9. The molecule has 5 rings (SSSR count). The summed E-state index contributed by atoms with van der Waals surface area (Å²) >= 11 is 0. The maximum Gasteiger partial charge on any atom is 0.227 e. The Bertz CT molecular complexity index is 1040. The molecule has 0 saturated heterocycles. The average molecular weight is 389 g/mol. The number of halogens is 1. The van der Waals surface area contributed by atoms with E-state index in [2.05, 4.69) is 21.4 Å². The smallest absolute Gasteiger partial charge is 0.227 e. The van der Waals surface area contributed by atoms with Gasteiger partial charge in [0.25, 0.3) is 0 Å². The van der Waals surface area contributed by atoms with E-state index in [0.29, 0.717) is 11.3 Å². The minimum absolute atomic E-state index is 0.0996. The minimum atomic E-state index is -0.208. The SMILES string of the molecule is O=C(Nc1cccnc1)C1CC2(CCC(c3ccnc4ccc(F)cc34)CC2)C1. The van der Waals surface area contributed by atoms with E-state index in [-0.39, 0.29) is 17.6 Å². The highest BCUT2D eigenvalue weighted by Crippen LogP contribution is 2.57. The van der Waals surface area contributed by atoms with Crippen molar-refractivity contribution in [3.63, 3.8) is 0 Å². The monoisotopic (exact) mass is 389 g/mol. The van der Waals surface area contributed by atoms with Gasteiger partial charge in [-0.3, -0.25) is 14.8 Å². The summed E-state index contributed by atoms with van der Waals surface area (Å²) in [6.07, 6.45) is 11.6. The van der Waals surface area contributed by atoms with E-state index in [9.17, 15) is 9.18 Å². The van der Waals surface area contributed by atoms with Gasteiger partial charge in [0.15, 0.2) is 0 Å². The predicted molar refractivity (Wildman–Crippen MR) is 111 cm³/mol. The fourth-order valence-electron chi connectivity index (χ4n) is 5.30. The molecule has 0 aliphatic heterocycles. The lowest BCUT2D eigenvalue weighted by atomic mass is 9.54. The van der Waals surface area contributed by atoms with Crippen LogP contribution in [0, 0.1) is 17.2 Å². The summed E-state index contributed by atoms with van der Waals surface area (Å²) in [7, 11) is 0. The van der Waals surface area contributed by atoms with Gasteiger partial charge in [-0.15, -0.1) is 0 Å². The maximum atomic E-state index is 13.8. The second-order valence-corrected chi connectivity index (χ2v) is 8.67. The normalized spacial score (nSPS) is 26.2. The molecule has 0 atom stereocenters. The Morgan fingerprint density at radius 3 is 2.69 bits per heavy atom. The van der Waals surface area contributed by atoms with Crippen LogP contribution in [0.2, 0.25) is 0 Å². The second kappa shape index (κ2) is 7.21. The van der Waals surface area contributed by atoms with Gasteiger partial charge in [-0.2, -0.15) is 0 Å². The number of pyridine rings is 2. The number of rotatable bonds is 3. The van der Waals surface area contributed by atoms with Crippen LogP contribution in [0.25, 0.3) is 10.9 Å².